The van der Waals surface area contributed by atoms with Crippen molar-refractivity contribution in [2.45, 2.75) is 34.1 Å². The third kappa shape index (κ3) is 2.65. The molecular weight excluding hydrogens is 324 g/mol. The summed E-state index contributed by atoms with van der Waals surface area (Å²) in [4.78, 5) is 9.14. The predicted molar refractivity (Wildman–Crippen MR) is 96.7 cm³/mol. The van der Waals surface area contributed by atoms with Crippen molar-refractivity contribution in [1.82, 2.24) is 14.5 Å². The summed E-state index contributed by atoms with van der Waals surface area (Å²) in [5, 5.41) is 14.4. The van der Waals surface area contributed by atoms with Crippen molar-refractivity contribution in [1.29, 1.82) is 0 Å². The molecule has 0 aliphatic rings. The van der Waals surface area contributed by atoms with Gasteiger partial charge in [0.1, 0.15) is 22.9 Å². The molecule has 0 atom stereocenters. The van der Waals surface area contributed by atoms with Crippen LogP contribution in [0.25, 0.3) is 16.7 Å². The van der Waals surface area contributed by atoms with Gasteiger partial charge in [-0.1, -0.05) is 23.7 Å². The Kier molecular flexibility index (Phi) is 4.28. The minimum absolute atomic E-state index is 0.555. The minimum atomic E-state index is 0.555. The summed E-state index contributed by atoms with van der Waals surface area (Å²) >= 11 is 6.08. The van der Waals surface area contributed by atoms with Gasteiger partial charge in [0.25, 0.3) is 0 Å². The number of aryl methyl sites for hydroxylation is 3. The lowest BCUT2D eigenvalue weighted by atomic mass is 10.1. The first-order valence-corrected chi connectivity index (χ1v) is 8.18. The molecule has 0 saturated carbocycles. The number of hydrogen-bond acceptors (Lipinski definition) is 4. The van der Waals surface area contributed by atoms with Crippen molar-refractivity contribution in [3.63, 3.8) is 0 Å². The molecule has 2 aromatic heterocycles. The lowest BCUT2D eigenvalue weighted by Gasteiger charge is -2.10. The van der Waals surface area contributed by atoms with Gasteiger partial charge in [-0.25, -0.2) is 9.97 Å². The summed E-state index contributed by atoms with van der Waals surface area (Å²) in [5.41, 5.74) is 5.15. The normalized spacial score (nSPS) is 12.1. The van der Waals surface area contributed by atoms with Crippen LogP contribution in [0.1, 0.15) is 36.0 Å². The maximum atomic E-state index is 9.33. The molecule has 124 valence electrons. The number of benzene rings is 1. The van der Waals surface area contributed by atoms with E-state index in [1.54, 1.807) is 0 Å². The van der Waals surface area contributed by atoms with Crippen LogP contribution in [0.3, 0.4) is 0 Å². The molecule has 0 spiro atoms. The zero-order valence-electron chi connectivity index (χ0n) is 14.1. The van der Waals surface area contributed by atoms with Crippen LogP contribution in [0.4, 0.5) is 0 Å². The van der Waals surface area contributed by atoms with Crippen LogP contribution in [0.15, 0.2) is 29.6 Å². The summed E-state index contributed by atoms with van der Waals surface area (Å²) < 4.78 is 2.04. The largest absolute Gasteiger partial charge is 0.411 e. The lowest BCUT2D eigenvalue weighted by molar-refractivity contribution is 0.318. The van der Waals surface area contributed by atoms with Gasteiger partial charge in [-0.3, -0.25) is 0 Å². The fraction of sp³-hybridized carbons (Fsp3) is 0.278. The Morgan fingerprint density at radius 2 is 1.96 bits per heavy atom. The van der Waals surface area contributed by atoms with Crippen molar-refractivity contribution in [2.75, 3.05) is 0 Å². The van der Waals surface area contributed by atoms with Crippen molar-refractivity contribution < 1.29 is 5.21 Å². The first-order valence-electron chi connectivity index (χ1n) is 7.80. The molecule has 0 fully saturated rings. The summed E-state index contributed by atoms with van der Waals surface area (Å²) in [6.07, 6.45) is 2.62. The summed E-state index contributed by atoms with van der Waals surface area (Å²) in [6, 6.07) is 5.78. The van der Waals surface area contributed by atoms with E-state index in [2.05, 4.69) is 15.1 Å². The second-order valence-electron chi connectivity index (χ2n) is 5.83. The van der Waals surface area contributed by atoms with E-state index in [-0.39, 0.29) is 0 Å². The molecule has 1 aromatic carbocycles. The van der Waals surface area contributed by atoms with Crippen molar-refractivity contribution >= 4 is 28.3 Å². The molecule has 0 aliphatic carbocycles. The number of fused-ring (bicyclic) bond motifs is 1. The van der Waals surface area contributed by atoms with Crippen molar-refractivity contribution in [3.8, 4) is 5.69 Å². The second kappa shape index (κ2) is 6.24. The summed E-state index contributed by atoms with van der Waals surface area (Å²) in [7, 11) is 0. The van der Waals surface area contributed by atoms with Gasteiger partial charge in [0, 0.05) is 16.6 Å². The molecule has 24 heavy (non-hydrogen) atoms. The molecule has 2 heterocycles. The number of nitrogens with zero attached hydrogens (tertiary/aromatic N) is 4. The SMILES string of the molecule is CCC(=NO)c1nc(C)nc2c1c(C)cn2-c1ccc(Cl)cc1C. The number of hydrogen-bond donors (Lipinski definition) is 1. The Labute approximate surface area is 145 Å². The summed E-state index contributed by atoms with van der Waals surface area (Å²) in [6.45, 7) is 7.81. The number of halogens is 1. The number of oxime groups is 1. The van der Waals surface area contributed by atoms with Gasteiger partial charge in [-0.2, -0.15) is 0 Å². The average molecular weight is 343 g/mol. The Morgan fingerprint density at radius 1 is 1.21 bits per heavy atom. The molecule has 0 radical (unpaired) electrons. The Balaban J connectivity index is 2.37. The topological polar surface area (TPSA) is 63.3 Å². The van der Waals surface area contributed by atoms with Gasteiger partial charge >= 0.3 is 0 Å². The van der Waals surface area contributed by atoms with Crippen LogP contribution in [0.5, 0.6) is 0 Å². The molecule has 0 amide bonds. The highest BCUT2D eigenvalue weighted by Crippen LogP contribution is 2.28. The second-order valence-corrected chi connectivity index (χ2v) is 6.27. The Morgan fingerprint density at radius 3 is 2.58 bits per heavy atom. The number of rotatable bonds is 3. The van der Waals surface area contributed by atoms with E-state index in [9.17, 15) is 5.21 Å². The van der Waals surface area contributed by atoms with E-state index in [4.69, 9.17) is 11.6 Å². The Hall–Kier alpha value is -2.40. The average Bonchev–Trinajstić information content (AvgIpc) is 2.85. The van der Waals surface area contributed by atoms with Gasteiger partial charge in [0.05, 0.1) is 5.69 Å². The fourth-order valence-electron chi connectivity index (χ4n) is 2.98. The van der Waals surface area contributed by atoms with E-state index in [1.165, 1.54) is 0 Å². The maximum Gasteiger partial charge on any atom is 0.149 e. The third-order valence-corrected chi connectivity index (χ3v) is 4.33. The highest BCUT2D eigenvalue weighted by atomic mass is 35.5. The van der Waals surface area contributed by atoms with E-state index in [0.29, 0.717) is 28.7 Å². The van der Waals surface area contributed by atoms with Crippen LogP contribution in [0, 0.1) is 20.8 Å². The lowest BCUT2D eigenvalue weighted by Crippen LogP contribution is -2.07. The van der Waals surface area contributed by atoms with Crippen LogP contribution in [0.2, 0.25) is 5.02 Å². The maximum absolute atomic E-state index is 9.33. The monoisotopic (exact) mass is 342 g/mol. The first-order chi connectivity index (χ1) is 11.5. The molecule has 0 aliphatic heterocycles. The van der Waals surface area contributed by atoms with Gasteiger partial charge in [0.15, 0.2) is 0 Å². The number of aromatic nitrogens is 3. The minimum Gasteiger partial charge on any atom is -0.411 e. The van der Waals surface area contributed by atoms with Crippen molar-refractivity contribution in [3.05, 3.63) is 52.1 Å². The molecule has 0 saturated heterocycles. The molecule has 0 bridgehead atoms. The first kappa shape index (κ1) is 16.5. The van der Waals surface area contributed by atoms with Crippen LogP contribution in [-0.2, 0) is 0 Å². The van der Waals surface area contributed by atoms with Crippen molar-refractivity contribution in [2.24, 2.45) is 5.16 Å². The van der Waals surface area contributed by atoms with Crippen LogP contribution < -0.4 is 0 Å². The molecule has 6 heteroatoms. The smallest absolute Gasteiger partial charge is 0.149 e. The quantitative estimate of drug-likeness (QED) is 0.430. The van der Waals surface area contributed by atoms with Gasteiger partial charge in [0.2, 0.25) is 0 Å². The van der Waals surface area contributed by atoms with E-state index in [0.717, 1.165) is 27.8 Å². The van der Waals surface area contributed by atoms with E-state index in [1.807, 2.05) is 56.7 Å². The molecule has 5 nitrogen and oxygen atoms in total. The fourth-order valence-corrected chi connectivity index (χ4v) is 3.21. The van der Waals surface area contributed by atoms with Gasteiger partial charge in [-0.15, -0.1) is 0 Å². The molecule has 1 N–H and O–H groups in total. The zero-order chi connectivity index (χ0) is 17.4. The standard InChI is InChI=1S/C18H19ClN4O/c1-5-14(22-24)17-16-11(3)9-23(18(16)21-12(4)20-17)15-7-6-13(19)8-10(15)2/h6-9,24H,5H2,1-4H3. The third-order valence-electron chi connectivity index (χ3n) is 4.09. The molecule has 3 rings (SSSR count). The van der Waals surface area contributed by atoms with Gasteiger partial charge < -0.3 is 9.77 Å². The van der Waals surface area contributed by atoms with Crippen LogP contribution in [-0.4, -0.2) is 25.5 Å². The zero-order valence-corrected chi connectivity index (χ0v) is 14.9. The molecular formula is C18H19ClN4O. The predicted octanol–water partition coefficient (Wildman–Crippen LogP) is 4.59. The van der Waals surface area contributed by atoms with E-state index < -0.39 is 0 Å². The Bertz CT molecular complexity index is 959. The molecule has 0 unspecified atom stereocenters. The molecule has 3 aromatic rings. The highest BCUT2D eigenvalue weighted by molar-refractivity contribution is 6.30. The van der Waals surface area contributed by atoms with E-state index >= 15 is 0 Å². The highest BCUT2D eigenvalue weighted by Gasteiger charge is 2.18. The van der Waals surface area contributed by atoms with Gasteiger partial charge in [-0.05, 0) is 56.5 Å². The van der Waals surface area contributed by atoms with Crippen LogP contribution >= 0.6 is 11.6 Å². The summed E-state index contributed by atoms with van der Waals surface area (Å²) in [5.74, 6) is 0.637.